The van der Waals surface area contributed by atoms with Crippen LogP contribution in [-0.4, -0.2) is 26.7 Å². The standard InChI is InChI=1S/C11H10N2O4/c12-11(17)8-4-13(5-10(15)16)9-3-6(14)1-2-7(8)9/h1-4,14H,5H2,(H2,12,17)(H,15,16). The molecule has 0 spiro atoms. The van der Waals surface area contributed by atoms with Gasteiger partial charge in [0, 0.05) is 17.6 Å². The number of carboxylic acid groups (broad SMARTS) is 1. The summed E-state index contributed by atoms with van der Waals surface area (Å²) in [5.74, 6) is -1.68. The van der Waals surface area contributed by atoms with Gasteiger partial charge in [0.2, 0.25) is 0 Å². The lowest BCUT2D eigenvalue weighted by Crippen LogP contribution is -2.11. The summed E-state index contributed by atoms with van der Waals surface area (Å²) < 4.78 is 1.36. The van der Waals surface area contributed by atoms with Gasteiger partial charge in [-0.3, -0.25) is 9.59 Å². The van der Waals surface area contributed by atoms with Gasteiger partial charge in [-0.2, -0.15) is 0 Å². The Morgan fingerprint density at radius 1 is 1.35 bits per heavy atom. The molecular weight excluding hydrogens is 224 g/mol. The lowest BCUT2D eigenvalue weighted by molar-refractivity contribution is -0.137. The predicted molar refractivity (Wildman–Crippen MR) is 59.8 cm³/mol. The Morgan fingerprint density at radius 3 is 2.65 bits per heavy atom. The molecule has 1 aromatic carbocycles. The van der Waals surface area contributed by atoms with E-state index in [-0.39, 0.29) is 17.9 Å². The van der Waals surface area contributed by atoms with Crippen LogP contribution in [0.15, 0.2) is 24.4 Å². The number of phenolic OH excluding ortho intramolecular Hbond substituents is 1. The highest BCUT2D eigenvalue weighted by molar-refractivity contribution is 6.06. The van der Waals surface area contributed by atoms with Gasteiger partial charge in [-0.1, -0.05) is 0 Å². The number of aromatic nitrogens is 1. The number of benzene rings is 1. The summed E-state index contributed by atoms with van der Waals surface area (Å²) in [6.45, 7) is -0.298. The van der Waals surface area contributed by atoms with Crippen LogP contribution in [0.2, 0.25) is 0 Å². The minimum absolute atomic E-state index is 0.00161. The number of nitrogens with zero attached hydrogens (tertiary/aromatic N) is 1. The van der Waals surface area contributed by atoms with E-state index < -0.39 is 11.9 Å². The first-order chi connectivity index (χ1) is 7.99. The lowest BCUT2D eigenvalue weighted by Gasteiger charge is -2.00. The maximum atomic E-state index is 11.2. The molecule has 0 atom stereocenters. The largest absolute Gasteiger partial charge is 0.508 e. The van der Waals surface area contributed by atoms with Crippen molar-refractivity contribution in [2.24, 2.45) is 5.73 Å². The number of carboxylic acids is 1. The second-order valence-corrected chi connectivity index (χ2v) is 3.63. The molecule has 1 amide bonds. The van der Waals surface area contributed by atoms with Gasteiger partial charge in [0.15, 0.2) is 0 Å². The number of primary amides is 1. The lowest BCUT2D eigenvalue weighted by atomic mass is 10.1. The molecule has 2 aromatic rings. The molecule has 6 heteroatoms. The van der Waals surface area contributed by atoms with Gasteiger partial charge in [0.25, 0.3) is 5.91 Å². The quantitative estimate of drug-likeness (QED) is 0.720. The number of nitrogens with two attached hydrogens (primary N) is 1. The monoisotopic (exact) mass is 234 g/mol. The van der Waals surface area contributed by atoms with Crippen LogP contribution in [0.4, 0.5) is 0 Å². The molecule has 0 bridgehead atoms. The molecule has 17 heavy (non-hydrogen) atoms. The Bertz CT molecular complexity index is 615. The Labute approximate surface area is 95.9 Å². The van der Waals surface area contributed by atoms with Crippen molar-refractivity contribution in [1.82, 2.24) is 4.57 Å². The van der Waals surface area contributed by atoms with Crippen molar-refractivity contribution in [3.05, 3.63) is 30.0 Å². The zero-order chi connectivity index (χ0) is 12.6. The number of fused-ring (bicyclic) bond motifs is 1. The van der Waals surface area contributed by atoms with E-state index in [2.05, 4.69) is 0 Å². The van der Waals surface area contributed by atoms with Crippen molar-refractivity contribution in [2.75, 3.05) is 0 Å². The number of carbonyl (C=O) groups is 2. The van der Waals surface area contributed by atoms with E-state index in [0.29, 0.717) is 10.9 Å². The minimum Gasteiger partial charge on any atom is -0.508 e. The second kappa shape index (κ2) is 3.82. The number of phenols is 1. The van der Waals surface area contributed by atoms with Crippen molar-refractivity contribution in [3.8, 4) is 5.75 Å². The van der Waals surface area contributed by atoms with Crippen LogP contribution in [0.1, 0.15) is 10.4 Å². The highest BCUT2D eigenvalue weighted by Gasteiger charge is 2.14. The summed E-state index contributed by atoms with van der Waals surface area (Å²) in [7, 11) is 0. The summed E-state index contributed by atoms with van der Waals surface area (Å²) in [4.78, 5) is 21.9. The molecule has 1 heterocycles. The Balaban J connectivity index is 2.70. The minimum atomic E-state index is -1.04. The van der Waals surface area contributed by atoms with Crippen molar-refractivity contribution in [3.63, 3.8) is 0 Å². The zero-order valence-corrected chi connectivity index (χ0v) is 8.75. The van der Waals surface area contributed by atoms with Gasteiger partial charge in [0.1, 0.15) is 12.3 Å². The van der Waals surface area contributed by atoms with E-state index in [1.165, 1.54) is 29.0 Å². The molecule has 0 aliphatic heterocycles. The number of rotatable bonds is 3. The van der Waals surface area contributed by atoms with Crippen molar-refractivity contribution < 1.29 is 19.8 Å². The van der Waals surface area contributed by atoms with Crippen LogP contribution in [0.25, 0.3) is 10.9 Å². The SMILES string of the molecule is NC(=O)c1cn(CC(=O)O)c2cc(O)ccc12. The zero-order valence-electron chi connectivity index (χ0n) is 8.75. The van der Waals surface area contributed by atoms with Crippen molar-refractivity contribution in [1.29, 1.82) is 0 Å². The molecule has 6 nitrogen and oxygen atoms in total. The molecule has 0 aliphatic rings. The molecule has 88 valence electrons. The third-order valence-corrected chi connectivity index (χ3v) is 2.44. The van der Waals surface area contributed by atoms with Gasteiger partial charge in [-0.25, -0.2) is 0 Å². The van der Waals surface area contributed by atoms with Crippen molar-refractivity contribution >= 4 is 22.8 Å². The van der Waals surface area contributed by atoms with E-state index in [4.69, 9.17) is 10.8 Å². The normalized spacial score (nSPS) is 10.6. The molecule has 0 saturated heterocycles. The molecule has 4 N–H and O–H groups in total. The first-order valence-corrected chi connectivity index (χ1v) is 4.82. The number of hydrogen-bond donors (Lipinski definition) is 3. The van der Waals surface area contributed by atoms with Crippen LogP contribution in [0.5, 0.6) is 5.75 Å². The van der Waals surface area contributed by atoms with Gasteiger partial charge in [-0.05, 0) is 12.1 Å². The molecular formula is C11H10N2O4. The van der Waals surface area contributed by atoms with Crippen LogP contribution in [0.3, 0.4) is 0 Å². The van der Waals surface area contributed by atoms with E-state index in [9.17, 15) is 14.7 Å². The predicted octanol–water partition coefficient (Wildman–Crippen LogP) is 0.530. The van der Waals surface area contributed by atoms with Gasteiger partial charge >= 0.3 is 5.97 Å². The van der Waals surface area contributed by atoms with E-state index >= 15 is 0 Å². The van der Waals surface area contributed by atoms with E-state index in [1.54, 1.807) is 0 Å². The van der Waals surface area contributed by atoms with Gasteiger partial charge < -0.3 is 20.5 Å². The fourth-order valence-electron chi connectivity index (χ4n) is 1.75. The third-order valence-electron chi connectivity index (χ3n) is 2.44. The summed E-state index contributed by atoms with van der Waals surface area (Å²) in [5.41, 5.74) is 5.90. The average Bonchev–Trinajstić information content (AvgIpc) is 2.56. The number of aliphatic carboxylic acids is 1. The molecule has 0 radical (unpaired) electrons. The van der Waals surface area contributed by atoms with Gasteiger partial charge in [-0.15, -0.1) is 0 Å². The number of carbonyl (C=O) groups excluding carboxylic acids is 1. The first kappa shape index (κ1) is 11.0. The summed E-state index contributed by atoms with van der Waals surface area (Å²) in [6, 6.07) is 4.34. The topological polar surface area (TPSA) is 106 Å². The molecule has 0 unspecified atom stereocenters. The summed E-state index contributed by atoms with van der Waals surface area (Å²) in [5, 5.41) is 18.6. The molecule has 2 rings (SSSR count). The maximum Gasteiger partial charge on any atom is 0.323 e. The van der Waals surface area contributed by atoms with E-state index in [1.807, 2.05) is 0 Å². The van der Waals surface area contributed by atoms with E-state index in [0.717, 1.165) is 0 Å². The number of aromatic hydroxyl groups is 1. The second-order valence-electron chi connectivity index (χ2n) is 3.63. The highest BCUT2D eigenvalue weighted by atomic mass is 16.4. The molecule has 0 fully saturated rings. The maximum absolute atomic E-state index is 11.2. The summed E-state index contributed by atoms with van der Waals surface area (Å²) in [6.07, 6.45) is 1.38. The fraction of sp³-hybridized carbons (Fsp3) is 0.0909. The number of amides is 1. The Morgan fingerprint density at radius 2 is 2.06 bits per heavy atom. The van der Waals surface area contributed by atoms with Gasteiger partial charge in [0.05, 0.1) is 11.1 Å². The molecule has 1 aromatic heterocycles. The third kappa shape index (κ3) is 1.92. The van der Waals surface area contributed by atoms with Crippen LogP contribution in [0, 0.1) is 0 Å². The molecule has 0 aliphatic carbocycles. The van der Waals surface area contributed by atoms with Crippen LogP contribution in [-0.2, 0) is 11.3 Å². The highest BCUT2D eigenvalue weighted by Crippen LogP contribution is 2.25. The molecule has 0 saturated carbocycles. The Hall–Kier alpha value is -2.50. The first-order valence-electron chi connectivity index (χ1n) is 4.82. The van der Waals surface area contributed by atoms with Crippen LogP contribution >= 0.6 is 0 Å². The fourth-order valence-corrected chi connectivity index (χ4v) is 1.75. The average molecular weight is 234 g/mol. The Kier molecular flexibility index (Phi) is 2.47. The van der Waals surface area contributed by atoms with Crippen LogP contribution < -0.4 is 5.73 Å². The smallest absolute Gasteiger partial charge is 0.323 e. The number of hydrogen-bond acceptors (Lipinski definition) is 3. The summed E-state index contributed by atoms with van der Waals surface area (Å²) >= 11 is 0. The van der Waals surface area contributed by atoms with Crippen molar-refractivity contribution in [2.45, 2.75) is 6.54 Å².